The lowest BCUT2D eigenvalue weighted by Crippen LogP contribution is -2.19. The highest BCUT2D eigenvalue weighted by Gasteiger charge is 2.19. The van der Waals surface area contributed by atoms with Crippen LogP contribution in [0.5, 0.6) is 0 Å². The van der Waals surface area contributed by atoms with E-state index in [0.717, 1.165) is 5.69 Å². The lowest BCUT2D eigenvalue weighted by atomic mass is 9.92. The van der Waals surface area contributed by atoms with Crippen molar-refractivity contribution in [3.05, 3.63) is 57.4 Å². The summed E-state index contributed by atoms with van der Waals surface area (Å²) in [5.41, 5.74) is 4.61. The molecule has 8 nitrogen and oxygen atoms in total. The molecule has 0 aliphatic heterocycles. The number of aromatic nitrogens is 2. The number of carbonyl (C=O) groups is 1. The number of benzene rings is 1. The van der Waals surface area contributed by atoms with Gasteiger partial charge in [-0.05, 0) is 30.7 Å². The Balaban J connectivity index is 2.07. The van der Waals surface area contributed by atoms with E-state index in [1.165, 1.54) is 12.1 Å². The number of H-pyrrole nitrogens is 1. The molecule has 1 aromatic carbocycles. The molecule has 1 amide bonds. The molecule has 2 N–H and O–H groups in total. The molecule has 8 heteroatoms. The van der Waals surface area contributed by atoms with Crippen molar-refractivity contribution in [2.45, 2.75) is 33.1 Å². The van der Waals surface area contributed by atoms with Crippen LogP contribution in [0.2, 0.25) is 0 Å². The lowest BCUT2D eigenvalue weighted by Gasteiger charge is -2.14. The molecule has 0 fully saturated rings. The molecule has 126 valence electrons. The Morgan fingerprint density at radius 2 is 1.92 bits per heavy atom. The van der Waals surface area contributed by atoms with Crippen LogP contribution in [-0.2, 0) is 5.41 Å². The van der Waals surface area contributed by atoms with E-state index in [4.69, 9.17) is 0 Å². The number of carbonyl (C=O) groups excluding carboxylic acids is 1. The van der Waals surface area contributed by atoms with Crippen LogP contribution in [-0.4, -0.2) is 26.7 Å². The average Bonchev–Trinajstić information content (AvgIpc) is 3.02. The second-order valence-corrected chi connectivity index (χ2v) is 6.36. The van der Waals surface area contributed by atoms with Gasteiger partial charge in [-0.1, -0.05) is 20.8 Å². The molecule has 24 heavy (non-hydrogen) atoms. The Morgan fingerprint density at radius 1 is 1.29 bits per heavy atom. The minimum Gasteiger partial charge on any atom is -0.281 e. The molecular weight excluding hydrogens is 310 g/mol. The van der Waals surface area contributed by atoms with Crippen molar-refractivity contribution < 1.29 is 9.72 Å². The molecule has 1 heterocycles. The highest BCUT2D eigenvalue weighted by Crippen LogP contribution is 2.20. The van der Waals surface area contributed by atoms with Crippen molar-refractivity contribution >= 4 is 17.3 Å². The Labute approximate surface area is 139 Å². The third kappa shape index (κ3) is 4.03. The zero-order valence-electron chi connectivity index (χ0n) is 14.0. The molecule has 0 saturated carbocycles. The Bertz CT molecular complexity index is 785. The molecule has 2 rings (SSSR count). The van der Waals surface area contributed by atoms with Gasteiger partial charge in [0.1, 0.15) is 0 Å². The molecule has 1 aromatic heterocycles. The predicted molar refractivity (Wildman–Crippen MR) is 90.1 cm³/mol. The minimum absolute atomic E-state index is 0.00168. The zero-order valence-corrected chi connectivity index (χ0v) is 14.0. The maximum absolute atomic E-state index is 12.1. The number of nitrogens with one attached hydrogen (secondary N) is 2. The van der Waals surface area contributed by atoms with E-state index in [1.807, 2.05) is 20.8 Å². The van der Waals surface area contributed by atoms with Crippen LogP contribution in [0.25, 0.3) is 0 Å². The summed E-state index contributed by atoms with van der Waals surface area (Å²) in [6.45, 7) is 7.74. The zero-order chi connectivity index (χ0) is 17.9. The topological polar surface area (TPSA) is 113 Å². The number of amides is 1. The van der Waals surface area contributed by atoms with E-state index in [2.05, 4.69) is 20.7 Å². The van der Waals surface area contributed by atoms with E-state index in [0.29, 0.717) is 11.3 Å². The van der Waals surface area contributed by atoms with Gasteiger partial charge in [0.2, 0.25) is 0 Å². The number of non-ortho nitro benzene ring substituents is 1. The van der Waals surface area contributed by atoms with Crippen molar-refractivity contribution in [2.24, 2.45) is 5.10 Å². The number of rotatable bonds is 4. The molecule has 0 aliphatic carbocycles. The standard InChI is InChI=1S/C16H19N5O3/c1-10(11-5-7-12(8-6-11)21(23)24)17-20-15(22)13-9-14(19-18-13)16(2,3)4/h5-9H,1-4H3,(H,18,19)(H,20,22)/b17-10-. The summed E-state index contributed by atoms with van der Waals surface area (Å²) in [7, 11) is 0. The van der Waals surface area contributed by atoms with Gasteiger partial charge in [-0.25, -0.2) is 5.43 Å². The molecular formula is C16H19N5O3. The third-order valence-electron chi connectivity index (χ3n) is 3.44. The van der Waals surface area contributed by atoms with Crippen LogP contribution >= 0.6 is 0 Å². The number of nitro benzene ring substituents is 1. The second-order valence-electron chi connectivity index (χ2n) is 6.36. The number of hydrogen-bond acceptors (Lipinski definition) is 5. The summed E-state index contributed by atoms with van der Waals surface area (Å²) < 4.78 is 0. The number of hydrazone groups is 1. The fraction of sp³-hybridized carbons (Fsp3) is 0.312. The fourth-order valence-corrected chi connectivity index (χ4v) is 1.90. The lowest BCUT2D eigenvalue weighted by molar-refractivity contribution is -0.384. The quantitative estimate of drug-likeness (QED) is 0.510. The number of nitro groups is 1. The van der Waals surface area contributed by atoms with Crippen LogP contribution < -0.4 is 5.43 Å². The predicted octanol–water partition coefficient (Wildman–Crippen LogP) is 2.77. The highest BCUT2D eigenvalue weighted by molar-refractivity contribution is 6.00. The van der Waals surface area contributed by atoms with Crippen molar-refractivity contribution in [1.82, 2.24) is 15.6 Å². The van der Waals surface area contributed by atoms with E-state index in [1.54, 1.807) is 25.1 Å². The van der Waals surface area contributed by atoms with Crippen molar-refractivity contribution in [3.8, 4) is 0 Å². The summed E-state index contributed by atoms with van der Waals surface area (Å²) in [6, 6.07) is 7.62. The molecule has 0 saturated heterocycles. The van der Waals surface area contributed by atoms with Gasteiger partial charge in [-0.15, -0.1) is 0 Å². The first-order valence-corrected chi connectivity index (χ1v) is 7.34. The van der Waals surface area contributed by atoms with E-state index in [-0.39, 0.29) is 16.8 Å². The van der Waals surface area contributed by atoms with Gasteiger partial charge < -0.3 is 0 Å². The number of hydrogen-bond donors (Lipinski definition) is 2. The van der Waals surface area contributed by atoms with E-state index >= 15 is 0 Å². The average molecular weight is 329 g/mol. The summed E-state index contributed by atoms with van der Waals surface area (Å²) >= 11 is 0. The minimum atomic E-state index is -0.470. The third-order valence-corrected chi connectivity index (χ3v) is 3.44. The molecule has 0 spiro atoms. The van der Waals surface area contributed by atoms with Gasteiger partial charge in [0.05, 0.1) is 10.6 Å². The first-order chi connectivity index (χ1) is 11.2. The van der Waals surface area contributed by atoms with E-state index < -0.39 is 10.8 Å². The summed E-state index contributed by atoms with van der Waals surface area (Å²) in [5.74, 6) is -0.428. The molecule has 0 aliphatic rings. The van der Waals surface area contributed by atoms with Crippen molar-refractivity contribution in [3.63, 3.8) is 0 Å². The molecule has 0 unspecified atom stereocenters. The monoisotopic (exact) mass is 329 g/mol. The normalized spacial score (nSPS) is 12.1. The first kappa shape index (κ1) is 17.3. The van der Waals surface area contributed by atoms with Crippen LogP contribution in [0.4, 0.5) is 5.69 Å². The Morgan fingerprint density at radius 3 is 2.42 bits per heavy atom. The van der Waals surface area contributed by atoms with Crippen LogP contribution in [0.15, 0.2) is 35.4 Å². The number of nitrogens with zero attached hydrogens (tertiary/aromatic N) is 3. The SMILES string of the molecule is C/C(=N/NC(=O)c1cc(C(C)(C)C)[nH]n1)c1ccc([N+](=O)[O-])cc1. The van der Waals surface area contributed by atoms with E-state index in [9.17, 15) is 14.9 Å². The van der Waals surface area contributed by atoms with Gasteiger partial charge in [-0.2, -0.15) is 10.2 Å². The fourth-order valence-electron chi connectivity index (χ4n) is 1.90. The van der Waals surface area contributed by atoms with Gasteiger partial charge >= 0.3 is 0 Å². The van der Waals surface area contributed by atoms with Gasteiger partial charge in [0.25, 0.3) is 11.6 Å². The van der Waals surface area contributed by atoms with Crippen LogP contribution in [0.3, 0.4) is 0 Å². The summed E-state index contributed by atoms with van der Waals surface area (Å²) in [5, 5.41) is 21.5. The summed E-state index contributed by atoms with van der Waals surface area (Å²) in [6.07, 6.45) is 0. The largest absolute Gasteiger partial charge is 0.291 e. The van der Waals surface area contributed by atoms with Gasteiger partial charge in [0.15, 0.2) is 5.69 Å². The Kier molecular flexibility index (Phi) is 4.77. The van der Waals surface area contributed by atoms with Crippen molar-refractivity contribution in [1.29, 1.82) is 0 Å². The molecule has 0 radical (unpaired) electrons. The second kappa shape index (κ2) is 6.61. The maximum Gasteiger partial charge on any atom is 0.291 e. The van der Waals surface area contributed by atoms with Crippen LogP contribution in [0.1, 0.15) is 49.4 Å². The smallest absolute Gasteiger partial charge is 0.281 e. The first-order valence-electron chi connectivity index (χ1n) is 7.34. The molecule has 0 atom stereocenters. The van der Waals surface area contributed by atoms with Gasteiger partial charge in [0, 0.05) is 23.2 Å². The van der Waals surface area contributed by atoms with Crippen molar-refractivity contribution in [2.75, 3.05) is 0 Å². The van der Waals surface area contributed by atoms with Crippen LogP contribution in [0, 0.1) is 10.1 Å². The van der Waals surface area contributed by atoms with Gasteiger partial charge in [-0.3, -0.25) is 20.0 Å². The summed E-state index contributed by atoms with van der Waals surface area (Å²) in [4.78, 5) is 22.2. The molecule has 0 bridgehead atoms. The maximum atomic E-state index is 12.1. The molecule has 2 aromatic rings. The Hall–Kier alpha value is -3.03. The highest BCUT2D eigenvalue weighted by atomic mass is 16.6. The number of aromatic amines is 1.